The largest absolute Gasteiger partial charge is 0.327 e. The minimum atomic E-state index is -3.06. The highest BCUT2D eigenvalue weighted by Gasteiger charge is 2.27. The molecule has 0 aliphatic carbocycles. The van der Waals surface area contributed by atoms with Gasteiger partial charge in [0.05, 0.1) is 23.3 Å². The molecule has 0 amide bonds. The highest BCUT2D eigenvalue weighted by atomic mass is 32.2. The Morgan fingerprint density at radius 2 is 1.92 bits per heavy atom. The maximum Gasteiger partial charge on any atom is 0.214 e. The summed E-state index contributed by atoms with van der Waals surface area (Å²) < 4.78 is 28.2. The van der Waals surface area contributed by atoms with E-state index in [1.165, 1.54) is 5.52 Å². The van der Waals surface area contributed by atoms with Gasteiger partial charge in [-0.15, -0.1) is 0 Å². The third-order valence-corrected chi connectivity index (χ3v) is 6.98. The first-order valence-corrected chi connectivity index (χ1v) is 10.8. The molecule has 0 radical (unpaired) electrons. The van der Waals surface area contributed by atoms with Gasteiger partial charge >= 0.3 is 0 Å². The van der Waals surface area contributed by atoms with E-state index in [1.807, 2.05) is 25.1 Å². The predicted octanol–water partition coefficient (Wildman–Crippen LogP) is 2.35. The highest BCUT2D eigenvalue weighted by molar-refractivity contribution is 7.89. The summed E-state index contributed by atoms with van der Waals surface area (Å²) >= 11 is 0. The van der Waals surface area contributed by atoms with Gasteiger partial charge in [0, 0.05) is 25.7 Å². The number of nitrogens with zero attached hydrogens (tertiary/aromatic N) is 3. The molecule has 2 aromatic rings. The molecule has 1 fully saturated rings. The Kier molecular flexibility index (Phi) is 5.76. The fourth-order valence-corrected chi connectivity index (χ4v) is 5.12. The number of imidazole rings is 1. The molecule has 0 atom stereocenters. The number of piperidine rings is 1. The number of hydrogen-bond donors (Lipinski definition) is 1. The minimum Gasteiger partial charge on any atom is -0.327 e. The Balaban J connectivity index is 1.59. The normalized spacial score (nSPS) is 17.4. The van der Waals surface area contributed by atoms with E-state index in [9.17, 15) is 8.42 Å². The van der Waals surface area contributed by atoms with Gasteiger partial charge in [0.15, 0.2) is 0 Å². The Morgan fingerprint density at radius 3 is 2.60 bits per heavy atom. The van der Waals surface area contributed by atoms with Crippen LogP contribution in [0.2, 0.25) is 0 Å². The first kappa shape index (κ1) is 18.4. The summed E-state index contributed by atoms with van der Waals surface area (Å²) in [5.41, 5.74) is 2.20. The van der Waals surface area contributed by atoms with Gasteiger partial charge in [0.25, 0.3) is 0 Å². The Labute approximate surface area is 150 Å². The lowest BCUT2D eigenvalue weighted by Crippen LogP contribution is -2.45. The average Bonchev–Trinajstić information content (AvgIpc) is 2.97. The van der Waals surface area contributed by atoms with Crippen molar-refractivity contribution in [3.8, 4) is 0 Å². The van der Waals surface area contributed by atoms with Gasteiger partial charge in [-0.3, -0.25) is 0 Å². The first-order valence-electron chi connectivity index (χ1n) is 9.20. The molecule has 25 heavy (non-hydrogen) atoms. The molecular formula is C18H28N4O2S. The number of hydrogen-bond acceptors (Lipinski definition) is 4. The molecule has 0 unspecified atom stereocenters. The second-order valence-corrected chi connectivity index (χ2v) is 8.72. The molecule has 0 bridgehead atoms. The van der Waals surface area contributed by atoms with Crippen LogP contribution in [0.3, 0.4) is 0 Å². The van der Waals surface area contributed by atoms with E-state index in [2.05, 4.69) is 22.9 Å². The van der Waals surface area contributed by atoms with Gasteiger partial charge in [-0.25, -0.2) is 17.7 Å². The molecule has 1 aromatic heterocycles. The van der Waals surface area contributed by atoms with Gasteiger partial charge < -0.3 is 9.88 Å². The lowest BCUT2D eigenvalue weighted by Gasteiger charge is -2.31. The van der Waals surface area contributed by atoms with Crippen LogP contribution >= 0.6 is 0 Å². The summed E-state index contributed by atoms with van der Waals surface area (Å²) in [5.74, 6) is 1.30. The third-order valence-electron chi connectivity index (χ3n) is 4.91. The molecule has 1 saturated heterocycles. The molecule has 1 aliphatic rings. The van der Waals surface area contributed by atoms with E-state index in [0.29, 0.717) is 25.6 Å². The minimum absolute atomic E-state index is 0.256. The summed E-state index contributed by atoms with van der Waals surface area (Å²) in [6, 6.07) is 8.55. The van der Waals surface area contributed by atoms with E-state index in [1.54, 1.807) is 4.31 Å². The first-order chi connectivity index (χ1) is 12.0. The molecule has 1 aromatic carbocycles. The van der Waals surface area contributed by atoms with Crippen molar-refractivity contribution in [1.29, 1.82) is 0 Å². The van der Waals surface area contributed by atoms with E-state index >= 15 is 0 Å². The molecule has 3 rings (SSSR count). The van der Waals surface area contributed by atoms with Crippen molar-refractivity contribution < 1.29 is 8.42 Å². The monoisotopic (exact) mass is 364 g/mol. The molecule has 1 aliphatic heterocycles. The third kappa shape index (κ3) is 4.04. The van der Waals surface area contributed by atoms with Crippen molar-refractivity contribution in [3.05, 3.63) is 30.1 Å². The van der Waals surface area contributed by atoms with Crippen LogP contribution in [-0.4, -0.2) is 47.2 Å². The van der Waals surface area contributed by atoms with Crippen LogP contribution in [0.25, 0.3) is 11.0 Å². The second-order valence-electron chi connectivity index (χ2n) is 6.63. The predicted molar refractivity (Wildman–Crippen MR) is 101 cm³/mol. The number of aromatic nitrogens is 2. The molecule has 0 spiro atoms. The van der Waals surface area contributed by atoms with Gasteiger partial charge in [-0.1, -0.05) is 19.1 Å². The lowest BCUT2D eigenvalue weighted by molar-refractivity contribution is 0.286. The number of nitrogens with one attached hydrogen (secondary N) is 1. The zero-order valence-corrected chi connectivity index (χ0v) is 15.9. The van der Waals surface area contributed by atoms with E-state index in [-0.39, 0.29) is 5.75 Å². The summed E-state index contributed by atoms with van der Waals surface area (Å²) in [6.07, 6.45) is 2.39. The van der Waals surface area contributed by atoms with Gasteiger partial charge in [-0.05, 0) is 38.3 Å². The van der Waals surface area contributed by atoms with Crippen molar-refractivity contribution >= 4 is 21.1 Å². The van der Waals surface area contributed by atoms with Gasteiger partial charge in [-0.2, -0.15) is 0 Å². The Bertz CT molecular complexity index is 808. The van der Waals surface area contributed by atoms with Crippen LogP contribution < -0.4 is 5.32 Å². The summed E-state index contributed by atoms with van der Waals surface area (Å²) in [6.45, 7) is 6.88. The number of aryl methyl sites for hydroxylation is 1. The summed E-state index contributed by atoms with van der Waals surface area (Å²) in [5, 5.41) is 3.57. The zero-order chi connectivity index (χ0) is 17.9. The quantitative estimate of drug-likeness (QED) is 0.819. The standard InChI is InChI=1S/C18H28N4O2S/c1-3-13-25(23,24)21-11-9-15(10-12-21)19-14-18-20-16-7-5-6-8-17(16)22(18)4-2/h5-8,15,19H,3-4,9-14H2,1-2H3. The van der Waals surface area contributed by atoms with Gasteiger partial charge in [0.1, 0.15) is 5.82 Å². The molecule has 138 valence electrons. The Morgan fingerprint density at radius 1 is 1.20 bits per heavy atom. The molecule has 1 N–H and O–H groups in total. The van der Waals surface area contributed by atoms with Crippen molar-refractivity contribution in [2.75, 3.05) is 18.8 Å². The maximum atomic E-state index is 12.1. The summed E-state index contributed by atoms with van der Waals surface area (Å²) in [4.78, 5) is 4.74. The summed E-state index contributed by atoms with van der Waals surface area (Å²) in [7, 11) is -3.06. The number of benzene rings is 1. The van der Waals surface area contributed by atoms with Gasteiger partial charge in [0.2, 0.25) is 10.0 Å². The van der Waals surface area contributed by atoms with Crippen LogP contribution in [0.15, 0.2) is 24.3 Å². The fraction of sp³-hybridized carbons (Fsp3) is 0.611. The fourth-order valence-electron chi connectivity index (χ4n) is 3.57. The van der Waals surface area contributed by atoms with Crippen molar-refractivity contribution in [2.45, 2.75) is 52.2 Å². The van der Waals surface area contributed by atoms with Crippen LogP contribution in [-0.2, 0) is 23.1 Å². The van der Waals surface area contributed by atoms with Crippen LogP contribution in [0.5, 0.6) is 0 Å². The number of rotatable bonds is 7. The van der Waals surface area contributed by atoms with Crippen LogP contribution in [0.4, 0.5) is 0 Å². The van der Waals surface area contributed by atoms with Crippen molar-refractivity contribution in [3.63, 3.8) is 0 Å². The molecular weight excluding hydrogens is 336 g/mol. The maximum absolute atomic E-state index is 12.1. The average molecular weight is 365 g/mol. The van der Waals surface area contributed by atoms with E-state index < -0.39 is 10.0 Å². The van der Waals surface area contributed by atoms with E-state index in [4.69, 9.17) is 4.98 Å². The van der Waals surface area contributed by atoms with Crippen LogP contribution in [0, 0.1) is 0 Å². The number of para-hydroxylation sites is 2. The molecule has 0 saturated carbocycles. The SMILES string of the molecule is CCCS(=O)(=O)N1CCC(NCc2nc3ccccc3n2CC)CC1. The zero-order valence-electron chi connectivity index (χ0n) is 15.1. The molecule has 7 heteroatoms. The number of sulfonamides is 1. The molecule has 6 nitrogen and oxygen atoms in total. The second kappa shape index (κ2) is 7.85. The molecule has 2 heterocycles. The van der Waals surface area contributed by atoms with Crippen LogP contribution in [0.1, 0.15) is 38.9 Å². The van der Waals surface area contributed by atoms with Crippen molar-refractivity contribution in [2.24, 2.45) is 0 Å². The van der Waals surface area contributed by atoms with E-state index in [0.717, 1.165) is 37.3 Å². The number of fused-ring (bicyclic) bond motifs is 1. The smallest absolute Gasteiger partial charge is 0.214 e. The highest BCUT2D eigenvalue weighted by Crippen LogP contribution is 2.18. The topological polar surface area (TPSA) is 67.2 Å². The lowest BCUT2D eigenvalue weighted by atomic mass is 10.1. The van der Waals surface area contributed by atoms with Crippen molar-refractivity contribution in [1.82, 2.24) is 19.2 Å². The Hall–Kier alpha value is -1.44.